The first kappa shape index (κ1) is 13.9. The normalized spacial score (nSPS) is 26.2. The van der Waals surface area contributed by atoms with Gasteiger partial charge in [-0.3, -0.25) is 19.3 Å². The van der Waals surface area contributed by atoms with Crippen molar-refractivity contribution in [2.75, 3.05) is 39.0 Å². The van der Waals surface area contributed by atoms with Crippen molar-refractivity contribution in [2.45, 2.75) is 18.9 Å². The predicted molar refractivity (Wildman–Crippen MR) is 75.3 cm³/mol. The van der Waals surface area contributed by atoms with Gasteiger partial charge in [0, 0.05) is 19.0 Å². The van der Waals surface area contributed by atoms with Crippen LogP contribution >= 0.6 is 11.8 Å². The molecule has 3 rings (SSSR count). The molecule has 3 fully saturated rings. The highest BCUT2D eigenvalue weighted by atomic mass is 32.2. The first-order valence-electron chi connectivity index (χ1n) is 7.02. The summed E-state index contributed by atoms with van der Waals surface area (Å²) in [6.45, 7) is 2.97. The summed E-state index contributed by atoms with van der Waals surface area (Å²) in [5, 5.41) is -0.161. The molecule has 0 radical (unpaired) electrons. The van der Waals surface area contributed by atoms with Gasteiger partial charge in [-0.2, -0.15) is 0 Å². The molecule has 0 aromatic heterocycles. The van der Waals surface area contributed by atoms with Crippen LogP contribution in [0.4, 0.5) is 4.79 Å². The molecule has 3 heterocycles. The Bertz CT molecular complexity index is 426. The minimum absolute atomic E-state index is 0.0970. The molecule has 0 atom stereocenters. The average molecular weight is 297 g/mol. The van der Waals surface area contributed by atoms with Gasteiger partial charge in [-0.05, 0) is 33.0 Å². The smallest absolute Gasteiger partial charge is 0.289 e. The molecular weight excluding hydrogens is 278 g/mol. The van der Waals surface area contributed by atoms with Crippen LogP contribution in [0.2, 0.25) is 0 Å². The molecular formula is C13H19N3O3S. The van der Waals surface area contributed by atoms with Crippen LogP contribution in [0.5, 0.6) is 0 Å². The largest absolute Gasteiger partial charge is 0.338 e. The van der Waals surface area contributed by atoms with Gasteiger partial charge in [0.15, 0.2) is 0 Å². The van der Waals surface area contributed by atoms with E-state index in [9.17, 15) is 14.4 Å². The van der Waals surface area contributed by atoms with Crippen molar-refractivity contribution in [1.82, 2.24) is 14.7 Å². The highest BCUT2D eigenvalue weighted by Gasteiger charge is 2.44. The van der Waals surface area contributed by atoms with Crippen LogP contribution < -0.4 is 0 Å². The molecule has 3 amide bonds. The molecule has 0 bridgehead atoms. The van der Waals surface area contributed by atoms with Crippen LogP contribution in [0.25, 0.3) is 0 Å². The Kier molecular flexibility index (Phi) is 3.72. The number of carbonyl (C=O) groups excluding carboxylic acids is 3. The van der Waals surface area contributed by atoms with Crippen LogP contribution in [0.1, 0.15) is 12.8 Å². The molecule has 3 saturated heterocycles. The Morgan fingerprint density at radius 3 is 2.40 bits per heavy atom. The van der Waals surface area contributed by atoms with Crippen LogP contribution in [-0.4, -0.2) is 76.8 Å². The fourth-order valence-corrected chi connectivity index (χ4v) is 3.81. The molecule has 0 aromatic carbocycles. The van der Waals surface area contributed by atoms with Crippen molar-refractivity contribution in [2.24, 2.45) is 5.92 Å². The maximum Gasteiger partial charge on any atom is 0.289 e. The molecule has 0 saturated carbocycles. The Labute approximate surface area is 122 Å². The second kappa shape index (κ2) is 5.37. The van der Waals surface area contributed by atoms with Crippen molar-refractivity contribution in [1.29, 1.82) is 0 Å². The van der Waals surface area contributed by atoms with Gasteiger partial charge in [0.05, 0.1) is 11.8 Å². The van der Waals surface area contributed by atoms with Gasteiger partial charge in [-0.1, -0.05) is 11.8 Å². The second-order valence-electron chi connectivity index (χ2n) is 5.79. The van der Waals surface area contributed by atoms with E-state index in [-0.39, 0.29) is 34.8 Å². The summed E-state index contributed by atoms with van der Waals surface area (Å²) in [5.74, 6) is 0.446. The van der Waals surface area contributed by atoms with Crippen molar-refractivity contribution in [3.05, 3.63) is 0 Å². The van der Waals surface area contributed by atoms with Crippen LogP contribution in [-0.2, 0) is 9.59 Å². The lowest BCUT2D eigenvalue weighted by Crippen LogP contribution is -2.63. The van der Waals surface area contributed by atoms with Crippen molar-refractivity contribution < 1.29 is 14.4 Å². The third-order valence-corrected chi connectivity index (χ3v) is 5.23. The van der Waals surface area contributed by atoms with E-state index in [2.05, 4.69) is 11.9 Å². The minimum Gasteiger partial charge on any atom is -0.338 e. The van der Waals surface area contributed by atoms with Crippen LogP contribution in [0.3, 0.4) is 0 Å². The number of likely N-dealkylation sites (tertiary alicyclic amines) is 2. The number of carbonyl (C=O) groups is 3. The highest BCUT2D eigenvalue weighted by molar-refractivity contribution is 8.14. The molecule has 110 valence electrons. The second-order valence-corrected chi connectivity index (χ2v) is 6.72. The number of rotatable bonds is 2. The summed E-state index contributed by atoms with van der Waals surface area (Å²) in [5.41, 5.74) is 0. The topological polar surface area (TPSA) is 60.9 Å². The SMILES string of the molecule is CN1CCC(C(=O)N2CC(N3C(=O)CSC3=O)C2)CC1. The quantitative estimate of drug-likeness (QED) is 0.730. The van der Waals surface area contributed by atoms with E-state index in [4.69, 9.17) is 0 Å². The van der Waals surface area contributed by atoms with E-state index >= 15 is 0 Å². The van der Waals surface area contributed by atoms with Gasteiger partial charge in [0.1, 0.15) is 0 Å². The van der Waals surface area contributed by atoms with Gasteiger partial charge in [0.25, 0.3) is 5.24 Å². The fraction of sp³-hybridized carbons (Fsp3) is 0.769. The number of imide groups is 1. The zero-order valence-electron chi connectivity index (χ0n) is 11.6. The monoisotopic (exact) mass is 297 g/mol. The van der Waals surface area contributed by atoms with E-state index in [0.29, 0.717) is 13.1 Å². The number of thioether (sulfide) groups is 1. The van der Waals surface area contributed by atoms with Crippen molar-refractivity contribution >= 4 is 28.8 Å². The van der Waals surface area contributed by atoms with Gasteiger partial charge < -0.3 is 9.80 Å². The van der Waals surface area contributed by atoms with Gasteiger partial charge >= 0.3 is 0 Å². The number of nitrogens with zero attached hydrogens (tertiary/aromatic N) is 3. The van der Waals surface area contributed by atoms with Crippen molar-refractivity contribution in [3.63, 3.8) is 0 Å². The van der Waals surface area contributed by atoms with E-state index in [1.165, 1.54) is 4.90 Å². The number of piperidine rings is 1. The molecule has 0 N–H and O–H groups in total. The maximum absolute atomic E-state index is 12.3. The lowest BCUT2D eigenvalue weighted by molar-refractivity contribution is -0.146. The summed E-state index contributed by atoms with van der Waals surface area (Å²) in [4.78, 5) is 40.9. The van der Waals surface area contributed by atoms with E-state index in [0.717, 1.165) is 37.7 Å². The molecule has 7 heteroatoms. The van der Waals surface area contributed by atoms with E-state index < -0.39 is 0 Å². The molecule has 6 nitrogen and oxygen atoms in total. The first-order chi connectivity index (χ1) is 9.56. The zero-order valence-corrected chi connectivity index (χ0v) is 12.4. The molecule has 3 aliphatic rings. The van der Waals surface area contributed by atoms with E-state index in [1.807, 2.05) is 0 Å². The Morgan fingerprint density at radius 2 is 1.85 bits per heavy atom. The third-order valence-electron chi connectivity index (χ3n) is 4.39. The molecule has 0 aliphatic carbocycles. The summed E-state index contributed by atoms with van der Waals surface area (Å²) in [7, 11) is 2.07. The predicted octanol–water partition coefficient (Wildman–Crippen LogP) is 0.234. The Hall–Kier alpha value is -1.08. The first-order valence-corrected chi connectivity index (χ1v) is 8.01. The van der Waals surface area contributed by atoms with Crippen LogP contribution in [0.15, 0.2) is 0 Å². The summed E-state index contributed by atoms with van der Waals surface area (Å²) in [6.07, 6.45) is 1.82. The Balaban J connectivity index is 1.51. The average Bonchev–Trinajstić information content (AvgIpc) is 2.70. The van der Waals surface area contributed by atoms with Gasteiger partial charge in [0.2, 0.25) is 11.8 Å². The molecule has 0 aromatic rings. The van der Waals surface area contributed by atoms with E-state index in [1.54, 1.807) is 4.90 Å². The van der Waals surface area contributed by atoms with Crippen molar-refractivity contribution in [3.8, 4) is 0 Å². The standard InChI is InChI=1S/C13H19N3O3S/c1-14-4-2-9(3-5-14)12(18)15-6-10(7-15)16-11(17)8-20-13(16)19/h9-10H,2-8H2,1H3. The van der Waals surface area contributed by atoms with Gasteiger partial charge in [-0.15, -0.1) is 0 Å². The number of hydrogen-bond acceptors (Lipinski definition) is 5. The zero-order chi connectivity index (χ0) is 14.3. The number of hydrogen-bond donors (Lipinski definition) is 0. The van der Waals surface area contributed by atoms with Gasteiger partial charge in [-0.25, -0.2) is 0 Å². The minimum atomic E-state index is -0.161. The highest BCUT2D eigenvalue weighted by Crippen LogP contribution is 2.28. The molecule has 0 unspecified atom stereocenters. The molecule has 3 aliphatic heterocycles. The molecule has 0 spiro atoms. The van der Waals surface area contributed by atoms with Crippen LogP contribution in [0, 0.1) is 5.92 Å². The Morgan fingerprint density at radius 1 is 1.20 bits per heavy atom. The molecule has 20 heavy (non-hydrogen) atoms. The third kappa shape index (κ3) is 2.44. The fourth-order valence-electron chi connectivity index (χ4n) is 3.03. The summed E-state index contributed by atoms with van der Waals surface area (Å²) in [6, 6.07) is -0.0970. The summed E-state index contributed by atoms with van der Waals surface area (Å²) < 4.78 is 0. The maximum atomic E-state index is 12.3. The summed E-state index contributed by atoms with van der Waals surface area (Å²) >= 11 is 1.06. The lowest BCUT2D eigenvalue weighted by Gasteiger charge is -2.44. The number of amides is 3. The lowest BCUT2D eigenvalue weighted by atomic mass is 9.93.